The number of nitrogens with zero attached hydrogens (tertiary/aromatic N) is 2. The largest absolute Gasteiger partial charge is 0.480 e. The standard InChI is InChI=1S/C42H63N9O10.C6H10O2.C4H10/c1-6-9-13-31(47-35(53)22-46-40(59)32-19-28(52)21-44-32)39(58)45-23-36(54)48-33(17-26(4)5)41(60)50(15-7-2)24-37(55)49-34(42(61)51(16-8-3)25-38(56)57)18-27-20-43-30-14-11-10-12-29(27)30;1-3-4-5-6(7)8-2;1-3-4-2/h10-12,14,20,26,31-34,43-44H,6-9,13,15-19,21-25H2,1-5H3,(H,45,58)(H,46,59)(H,47,53)(H,48,54)(H,49,55)(H,56,57);4-5H,3H2,1-2H3;3-4H2,1-2H3/b;5-4+;/t31?,32?,33-,34-;;/m0../s1. The molecule has 1 fully saturated rings. The summed E-state index contributed by atoms with van der Waals surface area (Å²) in [5, 5.41) is 26.2. The molecule has 408 valence electrons. The summed E-state index contributed by atoms with van der Waals surface area (Å²) in [5.74, 6) is -5.91. The quantitative estimate of drug-likeness (QED) is 0.0430. The number of nitrogens with one attached hydrogen (secondary N) is 7. The van der Waals surface area contributed by atoms with E-state index in [2.05, 4.69) is 55.5 Å². The number of unbranched alkanes of at least 4 members (excludes halogenated alkanes) is 2. The van der Waals surface area contributed by atoms with Gasteiger partial charge in [0.25, 0.3) is 0 Å². The van der Waals surface area contributed by atoms with E-state index in [0.717, 1.165) is 22.9 Å². The van der Waals surface area contributed by atoms with E-state index in [0.29, 0.717) is 25.7 Å². The number of benzene rings is 1. The lowest BCUT2D eigenvalue weighted by molar-refractivity contribution is -0.146. The van der Waals surface area contributed by atoms with Gasteiger partial charge in [-0.05, 0) is 49.7 Å². The van der Waals surface area contributed by atoms with Crippen molar-refractivity contribution in [1.29, 1.82) is 0 Å². The molecule has 1 aromatic heterocycles. The molecule has 1 aromatic carbocycles. The summed E-state index contributed by atoms with van der Waals surface area (Å²) in [7, 11) is 1.36. The summed E-state index contributed by atoms with van der Waals surface area (Å²) < 4.78 is 4.33. The highest BCUT2D eigenvalue weighted by atomic mass is 16.5. The Balaban J connectivity index is 0.00000197. The van der Waals surface area contributed by atoms with Crippen molar-refractivity contribution in [3.63, 3.8) is 0 Å². The van der Waals surface area contributed by atoms with E-state index in [9.17, 15) is 53.1 Å². The Bertz CT molecular complexity index is 2120. The highest BCUT2D eigenvalue weighted by Crippen LogP contribution is 2.20. The molecule has 1 saturated heterocycles. The third kappa shape index (κ3) is 25.5. The summed E-state index contributed by atoms with van der Waals surface area (Å²) in [5.41, 5.74) is 1.55. The van der Waals surface area contributed by atoms with E-state index in [1.165, 1.54) is 35.8 Å². The lowest BCUT2D eigenvalue weighted by atomic mass is 10.0. The Kier molecular flexibility index (Phi) is 32.0. The fourth-order valence-corrected chi connectivity index (χ4v) is 7.33. The second kappa shape index (κ2) is 36.3. The normalized spacial score (nSPS) is 14.1. The zero-order chi connectivity index (χ0) is 54.9. The van der Waals surface area contributed by atoms with Gasteiger partial charge in [0.1, 0.15) is 30.5 Å². The fourth-order valence-electron chi connectivity index (χ4n) is 7.33. The zero-order valence-corrected chi connectivity index (χ0v) is 44.5. The predicted octanol–water partition coefficient (Wildman–Crippen LogP) is 3.06. The van der Waals surface area contributed by atoms with Crippen LogP contribution in [0.2, 0.25) is 0 Å². The minimum absolute atomic E-state index is 0.0259. The monoisotopic (exact) mass is 1030 g/mol. The van der Waals surface area contributed by atoms with Crippen LogP contribution in [-0.4, -0.2) is 156 Å². The number of carboxylic acids is 1. The first-order chi connectivity index (χ1) is 34.8. The summed E-state index contributed by atoms with van der Waals surface area (Å²) in [4.78, 5) is 132. The number of fused-ring (bicyclic) bond motifs is 1. The van der Waals surface area contributed by atoms with Crippen LogP contribution in [-0.2, 0) is 59.1 Å². The van der Waals surface area contributed by atoms with E-state index in [1.807, 2.05) is 65.8 Å². The Morgan fingerprint density at radius 3 is 1.90 bits per heavy atom. The topological polar surface area (TPSA) is 295 Å². The molecule has 0 bridgehead atoms. The number of aromatic nitrogens is 1. The third-order valence-electron chi connectivity index (χ3n) is 11.2. The van der Waals surface area contributed by atoms with Crippen molar-refractivity contribution >= 4 is 70.0 Å². The van der Waals surface area contributed by atoms with E-state index in [4.69, 9.17) is 0 Å². The van der Waals surface area contributed by atoms with Crippen LogP contribution in [0.1, 0.15) is 125 Å². The van der Waals surface area contributed by atoms with Gasteiger partial charge < -0.3 is 51.2 Å². The first-order valence-electron chi connectivity index (χ1n) is 25.6. The van der Waals surface area contributed by atoms with Crippen LogP contribution in [0.3, 0.4) is 0 Å². The number of aromatic amines is 1. The Morgan fingerprint density at radius 2 is 1.36 bits per heavy atom. The lowest BCUT2D eigenvalue weighted by Gasteiger charge is -2.30. The van der Waals surface area contributed by atoms with Crippen LogP contribution in [0, 0.1) is 5.92 Å². The van der Waals surface area contributed by atoms with Crippen LogP contribution in [0.4, 0.5) is 0 Å². The lowest BCUT2D eigenvalue weighted by Crippen LogP contribution is -2.56. The van der Waals surface area contributed by atoms with Gasteiger partial charge in [0.15, 0.2) is 0 Å². The number of allylic oxidation sites excluding steroid dienone is 1. The van der Waals surface area contributed by atoms with Crippen LogP contribution in [0.5, 0.6) is 0 Å². The van der Waals surface area contributed by atoms with E-state index >= 15 is 0 Å². The van der Waals surface area contributed by atoms with Crippen molar-refractivity contribution < 1.29 is 57.8 Å². The molecule has 7 amide bonds. The van der Waals surface area contributed by atoms with E-state index in [1.54, 1.807) is 12.3 Å². The molecular formula is C52H83N9O12. The summed E-state index contributed by atoms with van der Waals surface area (Å²) in [6, 6.07) is 3.46. The molecular weight excluding hydrogens is 943 g/mol. The maximum Gasteiger partial charge on any atom is 0.330 e. The van der Waals surface area contributed by atoms with Gasteiger partial charge in [0, 0.05) is 49.1 Å². The van der Waals surface area contributed by atoms with Crippen LogP contribution < -0.4 is 31.9 Å². The molecule has 0 radical (unpaired) electrons. The predicted molar refractivity (Wildman–Crippen MR) is 278 cm³/mol. The number of Topliss-reactive ketones (excluding diaryl/α,β-unsaturated/α-hetero) is 1. The Labute approximate surface area is 430 Å². The first-order valence-corrected chi connectivity index (χ1v) is 25.6. The molecule has 0 saturated carbocycles. The number of H-pyrrole nitrogens is 1. The summed E-state index contributed by atoms with van der Waals surface area (Å²) in [6.07, 6.45) is 11.2. The smallest absolute Gasteiger partial charge is 0.330 e. The van der Waals surface area contributed by atoms with Gasteiger partial charge in [-0.2, -0.15) is 0 Å². The number of amides is 7. The summed E-state index contributed by atoms with van der Waals surface area (Å²) >= 11 is 0. The number of carboxylic acid groups (broad SMARTS) is 1. The number of carbonyl (C=O) groups excluding carboxylic acids is 9. The molecule has 21 heteroatoms. The average Bonchev–Trinajstić information content (AvgIpc) is 4.00. The molecule has 1 aliphatic rings. The third-order valence-corrected chi connectivity index (χ3v) is 11.2. The Hall–Kier alpha value is -6.64. The van der Waals surface area contributed by atoms with Gasteiger partial charge in [0.05, 0.1) is 39.3 Å². The van der Waals surface area contributed by atoms with Crippen molar-refractivity contribution in [2.75, 3.05) is 52.9 Å². The summed E-state index contributed by atoms with van der Waals surface area (Å²) in [6.45, 7) is 14.0. The fraction of sp³-hybridized carbons (Fsp3) is 0.615. The second-order valence-corrected chi connectivity index (χ2v) is 18.1. The van der Waals surface area contributed by atoms with Crippen LogP contribution in [0.25, 0.3) is 10.9 Å². The number of rotatable bonds is 29. The van der Waals surface area contributed by atoms with Gasteiger partial charge in [-0.1, -0.05) is 105 Å². The van der Waals surface area contributed by atoms with Crippen molar-refractivity contribution in [3.8, 4) is 0 Å². The molecule has 4 atom stereocenters. The van der Waals surface area contributed by atoms with Gasteiger partial charge in [-0.3, -0.25) is 48.5 Å². The number of para-hydroxylation sites is 1. The number of esters is 1. The number of methoxy groups -OCH3 is 1. The zero-order valence-electron chi connectivity index (χ0n) is 44.5. The van der Waals surface area contributed by atoms with E-state index in [-0.39, 0.29) is 63.0 Å². The molecule has 8 N–H and O–H groups in total. The highest BCUT2D eigenvalue weighted by Gasteiger charge is 2.32. The first kappa shape index (κ1) is 64.4. The number of ketones is 1. The van der Waals surface area contributed by atoms with Crippen molar-refractivity contribution in [2.45, 2.75) is 150 Å². The molecule has 2 heterocycles. The number of hydrogen-bond acceptors (Lipinski definition) is 12. The highest BCUT2D eigenvalue weighted by molar-refractivity contribution is 5.97. The molecule has 21 nitrogen and oxygen atoms in total. The molecule has 0 aliphatic carbocycles. The minimum atomic E-state index is -1.20. The molecule has 0 spiro atoms. The Morgan fingerprint density at radius 1 is 0.767 bits per heavy atom. The number of aliphatic carboxylic acids is 1. The van der Waals surface area contributed by atoms with Crippen molar-refractivity contribution in [3.05, 3.63) is 48.2 Å². The van der Waals surface area contributed by atoms with Gasteiger partial charge in [-0.25, -0.2) is 4.79 Å². The molecule has 73 heavy (non-hydrogen) atoms. The number of hydrogen-bond donors (Lipinski definition) is 8. The maximum atomic E-state index is 14.1. The van der Waals surface area contributed by atoms with Crippen molar-refractivity contribution in [1.82, 2.24) is 46.7 Å². The molecule has 2 unspecified atom stereocenters. The van der Waals surface area contributed by atoms with Crippen LogP contribution >= 0.6 is 0 Å². The number of ether oxygens (including phenoxy) is 1. The number of carbonyl (C=O) groups is 10. The maximum absolute atomic E-state index is 14.1. The molecule has 3 rings (SSSR count). The molecule has 2 aromatic rings. The average molecular weight is 1030 g/mol. The van der Waals surface area contributed by atoms with Gasteiger partial charge in [0.2, 0.25) is 41.4 Å². The van der Waals surface area contributed by atoms with Gasteiger partial charge >= 0.3 is 11.9 Å². The molecule has 1 aliphatic heterocycles. The minimum Gasteiger partial charge on any atom is -0.480 e. The SMILES string of the molecule is CC/C=C/C(=O)OC.CCCC.CCCCC(NC(=O)CNC(=O)C1CC(=O)CN1)C(=O)NCC(=O)N[C@@H](CC(C)C)C(=O)N(CCC)CC(=O)N[C@@H](Cc1c[nH]c2ccccc12)C(=O)N(CCC)CC(=O)O. The van der Waals surface area contributed by atoms with E-state index < -0.39 is 97.7 Å². The second-order valence-electron chi connectivity index (χ2n) is 18.1. The van der Waals surface area contributed by atoms with Crippen molar-refractivity contribution in [2.24, 2.45) is 5.92 Å². The van der Waals surface area contributed by atoms with Gasteiger partial charge in [-0.15, -0.1) is 0 Å². The van der Waals surface area contributed by atoms with Crippen LogP contribution in [0.15, 0.2) is 42.6 Å².